The van der Waals surface area contributed by atoms with Crippen LogP contribution in [0, 0.1) is 0 Å². The molecule has 0 radical (unpaired) electrons. The van der Waals surface area contributed by atoms with Crippen molar-refractivity contribution in [2.75, 3.05) is 11.1 Å². The molecule has 0 saturated carbocycles. The van der Waals surface area contributed by atoms with Crippen molar-refractivity contribution < 1.29 is 4.79 Å². The molecule has 0 bridgehead atoms. The molecule has 19 heavy (non-hydrogen) atoms. The highest BCUT2D eigenvalue weighted by Crippen LogP contribution is 2.28. The molecule has 2 rings (SSSR count). The molecule has 2 aromatic rings. The summed E-state index contributed by atoms with van der Waals surface area (Å²) in [4.78, 5) is 16.4. The van der Waals surface area contributed by atoms with Crippen LogP contribution in [0.25, 0.3) is 10.2 Å². The molecule has 1 atom stereocenters. The normalized spacial score (nSPS) is 12.8. The number of nitrogen functional groups attached to an aromatic ring is 1. The Bertz CT molecular complexity index is 595. The van der Waals surface area contributed by atoms with Crippen molar-refractivity contribution in [2.24, 2.45) is 0 Å². The first-order valence-electron chi connectivity index (χ1n) is 6.08. The quantitative estimate of drug-likeness (QED) is 0.849. The van der Waals surface area contributed by atoms with E-state index < -0.39 is 0 Å². The molecule has 1 aromatic carbocycles. The lowest BCUT2D eigenvalue weighted by atomic mass is 10.3. The minimum Gasteiger partial charge on any atom is -0.399 e. The highest BCUT2D eigenvalue weighted by Gasteiger charge is 2.16. The Morgan fingerprint density at radius 3 is 2.84 bits per heavy atom. The number of hydrogen-bond acceptors (Lipinski definition) is 5. The first-order valence-corrected chi connectivity index (χ1v) is 7.84. The lowest BCUT2D eigenvalue weighted by molar-refractivity contribution is -0.115. The van der Waals surface area contributed by atoms with Gasteiger partial charge in [0, 0.05) is 5.69 Å². The van der Waals surface area contributed by atoms with Crippen LogP contribution in [0.15, 0.2) is 18.2 Å². The van der Waals surface area contributed by atoms with E-state index >= 15 is 0 Å². The zero-order valence-electron chi connectivity index (χ0n) is 11.1. The largest absolute Gasteiger partial charge is 0.399 e. The summed E-state index contributed by atoms with van der Waals surface area (Å²) in [6.45, 7) is 6.06. The van der Waals surface area contributed by atoms with Crippen molar-refractivity contribution in [3.05, 3.63) is 18.2 Å². The molecule has 0 aliphatic rings. The van der Waals surface area contributed by atoms with E-state index in [1.54, 1.807) is 11.8 Å². The number of benzene rings is 1. The van der Waals surface area contributed by atoms with Crippen molar-refractivity contribution in [1.82, 2.24) is 4.98 Å². The molecule has 1 aromatic heterocycles. The Labute approximate surface area is 120 Å². The molecule has 1 heterocycles. The van der Waals surface area contributed by atoms with Crippen LogP contribution in [0.5, 0.6) is 0 Å². The maximum Gasteiger partial charge on any atom is 0.238 e. The van der Waals surface area contributed by atoms with E-state index in [9.17, 15) is 4.79 Å². The Balaban J connectivity index is 2.10. The molecule has 1 unspecified atom stereocenters. The van der Waals surface area contributed by atoms with E-state index in [4.69, 9.17) is 5.73 Å². The van der Waals surface area contributed by atoms with Gasteiger partial charge < -0.3 is 11.1 Å². The number of rotatable bonds is 4. The number of anilines is 2. The fraction of sp³-hybridized carbons (Fsp3) is 0.385. The second-order valence-electron chi connectivity index (χ2n) is 4.56. The lowest BCUT2D eigenvalue weighted by Crippen LogP contribution is -2.23. The number of thiazole rings is 1. The van der Waals surface area contributed by atoms with E-state index in [2.05, 4.69) is 24.1 Å². The van der Waals surface area contributed by atoms with Gasteiger partial charge >= 0.3 is 0 Å². The van der Waals surface area contributed by atoms with Crippen LogP contribution >= 0.6 is 23.1 Å². The highest BCUT2D eigenvalue weighted by molar-refractivity contribution is 8.01. The molecular formula is C13H17N3OS2. The molecule has 102 valence electrons. The topological polar surface area (TPSA) is 68.0 Å². The van der Waals surface area contributed by atoms with Crippen LogP contribution in [0.1, 0.15) is 20.8 Å². The number of thioether (sulfide) groups is 1. The fourth-order valence-corrected chi connectivity index (χ4v) is 3.59. The summed E-state index contributed by atoms with van der Waals surface area (Å²) in [5.41, 5.74) is 7.29. The summed E-state index contributed by atoms with van der Waals surface area (Å²) in [7, 11) is 0. The average molecular weight is 295 g/mol. The molecule has 1 amide bonds. The summed E-state index contributed by atoms with van der Waals surface area (Å²) in [5.74, 6) is -0.00859. The molecule has 0 fully saturated rings. The number of aromatic nitrogens is 1. The molecule has 0 aliphatic carbocycles. The first-order chi connectivity index (χ1) is 8.95. The number of carbonyl (C=O) groups excluding carboxylic acids is 1. The van der Waals surface area contributed by atoms with Crippen molar-refractivity contribution in [3.63, 3.8) is 0 Å². The molecule has 3 N–H and O–H groups in total. The van der Waals surface area contributed by atoms with Gasteiger partial charge in [0.25, 0.3) is 0 Å². The summed E-state index contributed by atoms with van der Waals surface area (Å²) in [6, 6.07) is 5.54. The SMILES string of the molecule is CC(C)SC(C)C(=O)Nc1nc2ccc(N)cc2s1. The monoisotopic (exact) mass is 295 g/mol. The summed E-state index contributed by atoms with van der Waals surface area (Å²) in [6.07, 6.45) is 0. The maximum absolute atomic E-state index is 12.0. The summed E-state index contributed by atoms with van der Waals surface area (Å²) >= 11 is 3.08. The van der Waals surface area contributed by atoms with Gasteiger partial charge in [-0.25, -0.2) is 4.98 Å². The maximum atomic E-state index is 12.0. The lowest BCUT2D eigenvalue weighted by Gasteiger charge is -2.12. The summed E-state index contributed by atoms with van der Waals surface area (Å²) in [5, 5.41) is 3.83. The van der Waals surface area contributed by atoms with Gasteiger partial charge in [0.15, 0.2) is 5.13 Å². The summed E-state index contributed by atoms with van der Waals surface area (Å²) < 4.78 is 0.986. The van der Waals surface area contributed by atoms with Gasteiger partial charge in [-0.05, 0) is 30.4 Å². The zero-order valence-corrected chi connectivity index (χ0v) is 12.8. The first kappa shape index (κ1) is 14.1. The third kappa shape index (κ3) is 3.61. The fourth-order valence-electron chi connectivity index (χ4n) is 1.67. The van der Waals surface area contributed by atoms with Crippen LogP contribution in [0.2, 0.25) is 0 Å². The molecule has 0 saturated heterocycles. The molecule has 6 heteroatoms. The minimum atomic E-state index is -0.0860. The van der Waals surface area contributed by atoms with Crippen LogP contribution < -0.4 is 11.1 Å². The smallest absolute Gasteiger partial charge is 0.238 e. The van der Waals surface area contributed by atoms with Gasteiger partial charge in [-0.3, -0.25) is 4.79 Å². The number of fused-ring (bicyclic) bond motifs is 1. The number of nitrogens with one attached hydrogen (secondary N) is 1. The van der Waals surface area contributed by atoms with E-state index in [1.807, 2.05) is 25.1 Å². The van der Waals surface area contributed by atoms with Crippen molar-refractivity contribution >= 4 is 50.0 Å². The predicted octanol–water partition coefficient (Wildman–Crippen LogP) is 3.35. The van der Waals surface area contributed by atoms with Gasteiger partial charge in [0.1, 0.15) is 0 Å². The van der Waals surface area contributed by atoms with Crippen LogP contribution in [0.3, 0.4) is 0 Å². The van der Waals surface area contributed by atoms with Crippen LogP contribution in [-0.2, 0) is 4.79 Å². The predicted molar refractivity (Wildman–Crippen MR) is 84.9 cm³/mol. The van der Waals surface area contributed by atoms with Gasteiger partial charge in [-0.15, -0.1) is 11.8 Å². The number of nitrogens with two attached hydrogens (primary N) is 1. The number of hydrogen-bond donors (Lipinski definition) is 2. The molecule has 0 spiro atoms. The van der Waals surface area contributed by atoms with Gasteiger partial charge in [-0.2, -0.15) is 0 Å². The molecule has 4 nitrogen and oxygen atoms in total. The number of carbonyl (C=O) groups is 1. The molecular weight excluding hydrogens is 278 g/mol. The van der Waals surface area contributed by atoms with Gasteiger partial charge in [0.2, 0.25) is 5.91 Å². The van der Waals surface area contributed by atoms with E-state index in [0.29, 0.717) is 16.1 Å². The number of nitrogens with zero attached hydrogens (tertiary/aromatic N) is 1. The van der Waals surface area contributed by atoms with Crippen molar-refractivity contribution in [3.8, 4) is 0 Å². The third-order valence-corrected chi connectivity index (χ3v) is 4.59. The zero-order chi connectivity index (χ0) is 14.0. The number of amides is 1. The Kier molecular flexibility index (Phi) is 4.31. The van der Waals surface area contributed by atoms with Crippen LogP contribution in [0.4, 0.5) is 10.8 Å². The van der Waals surface area contributed by atoms with E-state index in [0.717, 1.165) is 10.2 Å². The Hall–Kier alpha value is -1.27. The minimum absolute atomic E-state index is 0.00859. The van der Waals surface area contributed by atoms with E-state index in [1.165, 1.54) is 11.3 Å². The van der Waals surface area contributed by atoms with Gasteiger partial charge in [0.05, 0.1) is 15.5 Å². The Morgan fingerprint density at radius 2 is 2.16 bits per heavy atom. The van der Waals surface area contributed by atoms with Crippen LogP contribution in [-0.4, -0.2) is 21.4 Å². The average Bonchev–Trinajstić information content (AvgIpc) is 2.69. The second kappa shape index (κ2) is 5.79. The van der Waals surface area contributed by atoms with Crippen molar-refractivity contribution in [2.45, 2.75) is 31.3 Å². The van der Waals surface area contributed by atoms with Crippen molar-refractivity contribution in [1.29, 1.82) is 0 Å². The standard InChI is InChI=1S/C13H17N3OS2/c1-7(2)18-8(3)12(17)16-13-15-10-5-4-9(14)6-11(10)19-13/h4-8H,14H2,1-3H3,(H,15,16,17). The molecule has 0 aliphatic heterocycles. The van der Waals surface area contributed by atoms with Gasteiger partial charge in [-0.1, -0.05) is 25.2 Å². The third-order valence-electron chi connectivity index (χ3n) is 2.49. The second-order valence-corrected chi connectivity index (χ2v) is 7.52. The van der Waals surface area contributed by atoms with E-state index in [-0.39, 0.29) is 11.2 Å². The Morgan fingerprint density at radius 1 is 1.42 bits per heavy atom. The highest BCUT2D eigenvalue weighted by atomic mass is 32.2.